The molecular weight excluding hydrogens is 394 g/mol. The number of carbonyl (C=O) groups is 2. The van der Waals surface area contributed by atoms with Crippen LogP contribution in [0.1, 0.15) is 43.6 Å². The number of benzene rings is 1. The number of carbonyl (C=O) groups excluding carboxylic acids is 2. The molecule has 2 aromatic rings. The first-order chi connectivity index (χ1) is 14.8. The van der Waals surface area contributed by atoms with Crippen molar-refractivity contribution in [2.24, 2.45) is 0 Å². The second-order valence-electron chi connectivity index (χ2n) is 7.19. The second kappa shape index (κ2) is 11.0. The summed E-state index contributed by atoms with van der Waals surface area (Å²) >= 11 is 0. The van der Waals surface area contributed by atoms with Crippen LogP contribution in [0.15, 0.2) is 35.9 Å². The van der Waals surface area contributed by atoms with Gasteiger partial charge in [0.1, 0.15) is 17.4 Å². The average molecular weight is 424 g/mol. The van der Waals surface area contributed by atoms with Crippen LogP contribution >= 0.6 is 0 Å². The number of esters is 1. The minimum atomic E-state index is -0.823. The van der Waals surface area contributed by atoms with E-state index in [1.807, 2.05) is 68.7 Å². The lowest BCUT2D eigenvalue weighted by atomic mass is 10.1. The number of nitrogens with one attached hydrogen (secondary N) is 1. The second-order valence-corrected chi connectivity index (χ2v) is 7.19. The van der Waals surface area contributed by atoms with Gasteiger partial charge >= 0.3 is 5.97 Å². The topological polar surface area (TPSA) is 93.4 Å². The quantitative estimate of drug-likeness (QED) is 0.376. The van der Waals surface area contributed by atoms with E-state index in [1.54, 1.807) is 7.11 Å². The number of nitrogens with zero attached hydrogens (tertiary/aromatic N) is 2. The molecule has 2 rings (SSSR count). The lowest BCUT2D eigenvalue weighted by Gasteiger charge is -2.14. The Morgan fingerprint density at radius 2 is 1.84 bits per heavy atom. The summed E-state index contributed by atoms with van der Waals surface area (Å²) in [5, 5.41) is 12.2. The van der Waals surface area contributed by atoms with Gasteiger partial charge in [-0.05, 0) is 68.7 Å². The zero-order valence-electron chi connectivity index (χ0n) is 18.7. The van der Waals surface area contributed by atoms with E-state index in [0.717, 1.165) is 41.2 Å². The molecule has 0 spiro atoms. The van der Waals surface area contributed by atoms with Crippen molar-refractivity contribution >= 4 is 18.0 Å². The van der Waals surface area contributed by atoms with Gasteiger partial charge in [0.05, 0.1) is 7.11 Å². The number of hydrogen-bond acceptors (Lipinski definition) is 5. The van der Waals surface area contributed by atoms with Gasteiger partial charge in [-0.15, -0.1) is 0 Å². The van der Waals surface area contributed by atoms with Gasteiger partial charge in [0.2, 0.25) is 0 Å². The van der Waals surface area contributed by atoms with Crippen LogP contribution in [0.25, 0.3) is 11.8 Å². The zero-order chi connectivity index (χ0) is 23.0. The van der Waals surface area contributed by atoms with Gasteiger partial charge in [0.15, 0.2) is 6.61 Å². The van der Waals surface area contributed by atoms with Crippen molar-refractivity contribution in [2.75, 3.05) is 13.7 Å². The Bertz CT molecular complexity index is 993. The van der Waals surface area contributed by atoms with Gasteiger partial charge < -0.3 is 19.4 Å². The number of amides is 1. The molecule has 0 fully saturated rings. The number of ether oxygens (including phenoxy) is 2. The third-order valence-corrected chi connectivity index (χ3v) is 5.13. The molecule has 1 N–H and O–H groups in total. The van der Waals surface area contributed by atoms with Gasteiger partial charge in [-0.2, -0.15) is 5.26 Å². The van der Waals surface area contributed by atoms with E-state index in [-0.39, 0.29) is 17.5 Å². The van der Waals surface area contributed by atoms with Gasteiger partial charge in [0, 0.05) is 23.1 Å². The van der Waals surface area contributed by atoms with Crippen molar-refractivity contribution in [3.8, 4) is 17.5 Å². The predicted octanol–water partition coefficient (Wildman–Crippen LogP) is 3.86. The van der Waals surface area contributed by atoms with Crippen LogP contribution in [0.5, 0.6) is 5.75 Å². The first-order valence-corrected chi connectivity index (χ1v) is 10.3. The summed E-state index contributed by atoms with van der Waals surface area (Å²) in [6.45, 7) is 7.38. The highest BCUT2D eigenvalue weighted by Gasteiger charge is 2.17. The maximum absolute atomic E-state index is 12.3. The summed E-state index contributed by atoms with van der Waals surface area (Å²) in [4.78, 5) is 24.3. The molecule has 0 aliphatic heterocycles. The fraction of sp³-hybridized carbons (Fsp3) is 0.375. The largest absolute Gasteiger partial charge is 0.497 e. The Kier molecular flexibility index (Phi) is 8.44. The number of rotatable bonds is 9. The Labute approximate surface area is 183 Å². The SMILES string of the molecule is CCC(CC)NC(=O)COC(=O)/C(C#N)=C/c1cc(C)n(-c2ccc(OC)cc2)c1C. The Morgan fingerprint density at radius 3 is 2.39 bits per heavy atom. The lowest BCUT2D eigenvalue weighted by Crippen LogP contribution is -2.36. The van der Waals surface area contributed by atoms with Crippen LogP contribution in [0.4, 0.5) is 0 Å². The molecule has 1 aromatic carbocycles. The molecule has 164 valence electrons. The molecule has 0 radical (unpaired) electrons. The Balaban J connectivity index is 2.18. The standard InChI is InChI=1S/C24H29N3O4/c1-6-20(7-2)26-23(28)15-31-24(29)19(14-25)13-18-12-16(3)27(17(18)4)21-8-10-22(30-5)11-9-21/h8-13,20H,6-7,15H2,1-5H3,(H,26,28)/b19-13+. The van der Waals surface area contributed by atoms with Crippen molar-refractivity contribution in [2.45, 2.75) is 46.6 Å². The molecular formula is C24H29N3O4. The number of aromatic nitrogens is 1. The predicted molar refractivity (Wildman–Crippen MR) is 119 cm³/mol. The third kappa shape index (κ3) is 5.98. The summed E-state index contributed by atoms with van der Waals surface area (Å²) < 4.78 is 12.3. The molecule has 7 nitrogen and oxygen atoms in total. The summed E-state index contributed by atoms with van der Waals surface area (Å²) in [5.41, 5.74) is 3.32. The summed E-state index contributed by atoms with van der Waals surface area (Å²) in [5.74, 6) is -0.442. The van der Waals surface area contributed by atoms with Crippen molar-refractivity contribution < 1.29 is 19.1 Å². The van der Waals surface area contributed by atoms with Crippen molar-refractivity contribution in [3.05, 3.63) is 52.9 Å². The van der Waals surface area contributed by atoms with Crippen molar-refractivity contribution in [3.63, 3.8) is 0 Å². The number of methoxy groups -OCH3 is 1. The molecule has 7 heteroatoms. The maximum atomic E-state index is 12.3. The van der Waals surface area contributed by atoms with Crippen LogP contribution < -0.4 is 10.1 Å². The first kappa shape index (κ1) is 23.7. The molecule has 0 saturated heterocycles. The van der Waals surface area contributed by atoms with Crippen LogP contribution in [0.2, 0.25) is 0 Å². The van der Waals surface area contributed by atoms with E-state index in [0.29, 0.717) is 0 Å². The molecule has 31 heavy (non-hydrogen) atoms. The molecule has 1 aromatic heterocycles. The molecule has 0 aliphatic rings. The highest BCUT2D eigenvalue weighted by molar-refractivity contribution is 5.99. The van der Waals surface area contributed by atoms with Crippen LogP contribution in [-0.4, -0.2) is 36.2 Å². The molecule has 1 heterocycles. The van der Waals surface area contributed by atoms with E-state index in [2.05, 4.69) is 5.32 Å². The van der Waals surface area contributed by atoms with E-state index in [9.17, 15) is 14.9 Å². The van der Waals surface area contributed by atoms with Gasteiger partial charge in [-0.3, -0.25) is 4.79 Å². The number of nitriles is 1. The Morgan fingerprint density at radius 1 is 1.19 bits per heavy atom. The summed E-state index contributed by atoms with van der Waals surface area (Å²) in [6, 6.07) is 11.4. The van der Waals surface area contributed by atoms with E-state index in [4.69, 9.17) is 9.47 Å². The minimum Gasteiger partial charge on any atom is -0.497 e. The maximum Gasteiger partial charge on any atom is 0.349 e. The highest BCUT2D eigenvalue weighted by atomic mass is 16.5. The van der Waals surface area contributed by atoms with Crippen molar-refractivity contribution in [1.29, 1.82) is 5.26 Å². The lowest BCUT2D eigenvalue weighted by molar-refractivity contribution is -0.144. The Hall–Kier alpha value is -3.53. The summed E-state index contributed by atoms with van der Waals surface area (Å²) in [6.07, 6.45) is 3.08. The number of hydrogen-bond donors (Lipinski definition) is 1. The van der Waals surface area contributed by atoms with Crippen molar-refractivity contribution in [1.82, 2.24) is 9.88 Å². The van der Waals surface area contributed by atoms with E-state index in [1.165, 1.54) is 6.08 Å². The fourth-order valence-electron chi connectivity index (χ4n) is 3.33. The summed E-state index contributed by atoms with van der Waals surface area (Å²) in [7, 11) is 1.61. The van der Waals surface area contributed by atoms with E-state index < -0.39 is 12.6 Å². The molecule has 0 saturated carbocycles. The fourth-order valence-corrected chi connectivity index (χ4v) is 3.33. The van der Waals surface area contributed by atoms with Gasteiger partial charge in [-0.25, -0.2) is 4.79 Å². The van der Waals surface area contributed by atoms with E-state index >= 15 is 0 Å². The zero-order valence-corrected chi connectivity index (χ0v) is 18.7. The smallest absolute Gasteiger partial charge is 0.349 e. The number of aryl methyl sites for hydroxylation is 1. The molecule has 0 bridgehead atoms. The van der Waals surface area contributed by atoms with Crippen LogP contribution in [0, 0.1) is 25.2 Å². The molecule has 0 aliphatic carbocycles. The minimum absolute atomic E-state index is 0.0422. The van der Waals surface area contributed by atoms with Gasteiger partial charge in [0.25, 0.3) is 5.91 Å². The first-order valence-electron chi connectivity index (χ1n) is 10.3. The molecule has 0 unspecified atom stereocenters. The average Bonchev–Trinajstić information content (AvgIpc) is 3.06. The molecule has 0 atom stereocenters. The highest BCUT2D eigenvalue weighted by Crippen LogP contribution is 2.24. The van der Waals surface area contributed by atoms with Crippen LogP contribution in [0.3, 0.4) is 0 Å². The monoisotopic (exact) mass is 423 g/mol. The van der Waals surface area contributed by atoms with Gasteiger partial charge in [-0.1, -0.05) is 13.8 Å². The molecule has 1 amide bonds. The van der Waals surface area contributed by atoms with Crippen LogP contribution in [-0.2, 0) is 14.3 Å². The normalized spacial score (nSPS) is 11.2. The third-order valence-electron chi connectivity index (χ3n) is 5.13.